The molecule has 0 spiro atoms. The highest BCUT2D eigenvalue weighted by atomic mass is 32.2. The Morgan fingerprint density at radius 3 is 2.45 bits per heavy atom. The van der Waals surface area contributed by atoms with Crippen molar-refractivity contribution < 1.29 is 28.2 Å². The highest BCUT2D eigenvalue weighted by molar-refractivity contribution is 7.89. The van der Waals surface area contributed by atoms with Gasteiger partial charge in [0.15, 0.2) is 0 Å². The fourth-order valence-electron chi connectivity index (χ4n) is 1.45. The Kier molecular flexibility index (Phi) is 4.82. The number of carboxylic acid groups (broad SMARTS) is 1. The van der Waals surface area contributed by atoms with E-state index in [1.165, 1.54) is 12.1 Å². The molecule has 9 heteroatoms. The van der Waals surface area contributed by atoms with Crippen LogP contribution in [-0.4, -0.2) is 43.2 Å². The third-order valence-electron chi connectivity index (χ3n) is 2.56. The van der Waals surface area contributed by atoms with Crippen molar-refractivity contribution in [3.05, 3.63) is 29.3 Å². The molecule has 0 aliphatic heterocycles. The first kappa shape index (κ1) is 16.1. The third-order valence-corrected chi connectivity index (χ3v) is 4.03. The van der Waals surface area contributed by atoms with Crippen molar-refractivity contribution in [2.75, 3.05) is 6.61 Å². The predicted molar refractivity (Wildman–Crippen MR) is 68.5 cm³/mol. The molecule has 20 heavy (non-hydrogen) atoms. The molecule has 0 radical (unpaired) electrons. The van der Waals surface area contributed by atoms with E-state index in [1.54, 1.807) is 6.92 Å². The number of amides is 1. The van der Waals surface area contributed by atoms with Crippen LogP contribution in [0.4, 0.5) is 0 Å². The maximum Gasteiger partial charge on any atom is 0.324 e. The number of sulfonamides is 1. The number of aliphatic hydroxyl groups is 1. The summed E-state index contributed by atoms with van der Waals surface area (Å²) in [4.78, 5) is 21.6. The minimum atomic E-state index is -4.19. The molecule has 5 N–H and O–H groups in total. The van der Waals surface area contributed by atoms with Crippen molar-refractivity contribution in [3.8, 4) is 0 Å². The number of primary amides is 1. The van der Waals surface area contributed by atoms with Gasteiger partial charge in [0.05, 0.1) is 11.5 Å². The average Bonchev–Trinajstić information content (AvgIpc) is 2.35. The Hall–Kier alpha value is -1.97. The normalized spacial score (nSPS) is 12.9. The number of nitrogens with two attached hydrogens (primary N) is 1. The summed E-state index contributed by atoms with van der Waals surface area (Å²) in [6.45, 7) is 0.681. The molecular formula is C11H14N2O6S. The minimum Gasteiger partial charge on any atom is -0.480 e. The van der Waals surface area contributed by atoms with Crippen LogP contribution < -0.4 is 10.5 Å². The maximum atomic E-state index is 12.0. The molecule has 0 saturated heterocycles. The number of carboxylic acids is 1. The molecular weight excluding hydrogens is 288 g/mol. The van der Waals surface area contributed by atoms with Crippen LogP contribution >= 0.6 is 0 Å². The molecule has 1 rings (SSSR count). The number of carbonyl (C=O) groups is 2. The van der Waals surface area contributed by atoms with Crippen molar-refractivity contribution in [1.29, 1.82) is 0 Å². The van der Waals surface area contributed by atoms with Gasteiger partial charge >= 0.3 is 5.97 Å². The second kappa shape index (κ2) is 5.99. The first-order valence-electron chi connectivity index (χ1n) is 5.45. The quantitative estimate of drug-likeness (QED) is 0.520. The summed E-state index contributed by atoms with van der Waals surface area (Å²) in [7, 11) is -4.19. The first-order chi connectivity index (χ1) is 9.19. The Morgan fingerprint density at radius 1 is 1.40 bits per heavy atom. The standard InChI is InChI=1S/C11H14N2O6S/c1-6-2-3-7(4-8(6)10(12)15)20(18,19)13-9(5-14)11(16)17/h2-4,9,13-14H,5H2,1H3,(H2,12,15)(H,16,17)/t9-/m1/s1. The van der Waals surface area contributed by atoms with Crippen LogP contribution in [0.5, 0.6) is 0 Å². The van der Waals surface area contributed by atoms with E-state index in [4.69, 9.17) is 15.9 Å². The van der Waals surface area contributed by atoms with Gasteiger partial charge in [0.25, 0.3) is 0 Å². The smallest absolute Gasteiger partial charge is 0.324 e. The lowest BCUT2D eigenvalue weighted by molar-refractivity contribution is -0.139. The first-order valence-corrected chi connectivity index (χ1v) is 6.94. The average molecular weight is 302 g/mol. The van der Waals surface area contributed by atoms with Crippen LogP contribution in [0.25, 0.3) is 0 Å². The lowest BCUT2D eigenvalue weighted by atomic mass is 10.1. The van der Waals surface area contributed by atoms with Crippen LogP contribution in [0, 0.1) is 6.92 Å². The zero-order valence-electron chi connectivity index (χ0n) is 10.5. The zero-order valence-corrected chi connectivity index (χ0v) is 11.3. The number of nitrogens with one attached hydrogen (secondary N) is 1. The molecule has 0 heterocycles. The van der Waals surface area contributed by atoms with Crippen molar-refractivity contribution in [2.24, 2.45) is 5.73 Å². The summed E-state index contributed by atoms with van der Waals surface area (Å²) in [5.74, 6) is -2.31. The van der Waals surface area contributed by atoms with Crippen molar-refractivity contribution in [3.63, 3.8) is 0 Å². The summed E-state index contributed by atoms with van der Waals surface area (Å²) in [5, 5.41) is 17.5. The molecule has 1 atom stereocenters. The highest BCUT2D eigenvalue weighted by Gasteiger charge is 2.25. The number of hydrogen-bond acceptors (Lipinski definition) is 5. The number of aliphatic carboxylic acids is 1. The van der Waals surface area contributed by atoms with Crippen LogP contribution in [0.3, 0.4) is 0 Å². The SMILES string of the molecule is Cc1ccc(S(=O)(=O)N[C@H](CO)C(=O)O)cc1C(N)=O. The largest absolute Gasteiger partial charge is 0.480 e. The molecule has 1 amide bonds. The van der Waals surface area contributed by atoms with E-state index < -0.39 is 34.5 Å². The van der Waals surface area contributed by atoms with Gasteiger partial charge < -0.3 is 15.9 Å². The zero-order chi connectivity index (χ0) is 15.5. The van der Waals surface area contributed by atoms with Gasteiger partial charge in [-0.3, -0.25) is 9.59 Å². The van der Waals surface area contributed by atoms with E-state index in [9.17, 15) is 18.0 Å². The van der Waals surface area contributed by atoms with E-state index in [1.807, 2.05) is 4.72 Å². The second-order valence-electron chi connectivity index (χ2n) is 4.04. The van der Waals surface area contributed by atoms with Gasteiger partial charge in [-0.15, -0.1) is 0 Å². The van der Waals surface area contributed by atoms with Gasteiger partial charge in [0, 0.05) is 5.56 Å². The number of aliphatic hydroxyl groups excluding tert-OH is 1. The molecule has 1 aromatic carbocycles. The Balaban J connectivity index is 3.19. The van der Waals surface area contributed by atoms with Crippen molar-refractivity contribution in [2.45, 2.75) is 17.9 Å². The van der Waals surface area contributed by atoms with Crippen LogP contribution in [-0.2, 0) is 14.8 Å². The number of rotatable bonds is 6. The molecule has 0 aliphatic carbocycles. The summed E-state index contributed by atoms with van der Waals surface area (Å²) < 4.78 is 25.7. The molecule has 0 saturated carbocycles. The molecule has 0 aliphatic rings. The summed E-state index contributed by atoms with van der Waals surface area (Å²) in [6, 6.07) is 1.97. The second-order valence-corrected chi connectivity index (χ2v) is 5.75. The van der Waals surface area contributed by atoms with Crippen LogP contribution in [0.2, 0.25) is 0 Å². The summed E-state index contributed by atoms with van der Waals surface area (Å²) >= 11 is 0. The van der Waals surface area contributed by atoms with Crippen LogP contribution in [0.1, 0.15) is 15.9 Å². The Morgan fingerprint density at radius 2 is 2.00 bits per heavy atom. The van der Waals surface area contributed by atoms with E-state index >= 15 is 0 Å². The third kappa shape index (κ3) is 3.53. The minimum absolute atomic E-state index is 0.0174. The topological polar surface area (TPSA) is 147 Å². The van der Waals surface area contributed by atoms with Gasteiger partial charge in [0.1, 0.15) is 6.04 Å². The lowest BCUT2D eigenvalue weighted by Gasteiger charge is -2.13. The van der Waals surface area contributed by atoms with Gasteiger partial charge in [-0.05, 0) is 24.6 Å². The number of benzene rings is 1. The summed E-state index contributed by atoms with van der Waals surface area (Å²) in [6.07, 6.45) is 0. The maximum absolute atomic E-state index is 12.0. The molecule has 0 bridgehead atoms. The van der Waals surface area contributed by atoms with E-state index in [-0.39, 0.29) is 10.5 Å². The van der Waals surface area contributed by atoms with Crippen LogP contribution in [0.15, 0.2) is 23.1 Å². The van der Waals surface area contributed by atoms with Gasteiger partial charge in [-0.25, -0.2) is 8.42 Å². The molecule has 0 fully saturated rings. The van der Waals surface area contributed by atoms with E-state index in [0.29, 0.717) is 5.56 Å². The fourth-order valence-corrected chi connectivity index (χ4v) is 2.66. The Bertz CT molecular complexity index is 640. The number of carbonyl (C=O) groups excluding carboxylic acids is 1. The van der Waals surface area contributed by atoms with Gasteiger partial charge in [-0.2, -0.15) is 4.72 Å². The van der Waals surface area contributed by atoms with Crippen molar-refractivity contribution in [1.82, 2.24) is 4.72 Å². The molecule has 110 valence electrons. The Labute approximate surface area is 115 Å². The molecule has 1 aromatic rings. The van der Waals surface area contributed by atoms with E-state index in [0.717, 1.165) is 6.07 Å². The highest BCUT2D eigenvalue weighted by Crippen LogP contribution is 2.15. The predicted octanol–water partition coefficient (Wildman–Crippen LogP) is -1.18. The fraction of sp³-hybridized carbons (Fsp3) is 0.273. The summed E-state index contributed by atoms with van der Waals surface area (Å²) in [5.41, 5.74) is 5.63. The molecule has 0 aromatic heterocycles. The molecule has 0 unspecified atom stereocenters. The number of hydrogen-bond donors (Lipinski definition) is 4. The van der Waals surface area contributed by atoms with Gasteiger partial charge in [-0.1, -0.05) is 6.07 Å². The molecule has 8 nitrogen and oxygen atoms in total. The van der Waals surface area contributed by atoms with E-state index in [2.05, 4.69) is 0 Å². The lowest BCUT2D eigenvalue weighted by Crippen LogP contribution is -2.43. The number of aryl methyl sites for hydroxylation is 1. The monoisotopic (exact) mass is 302 g/mol. The van der Waals surface area contributed by atoms with Gasteiger partial charge in [0.2, 0.25) is 15.9 Å². The van der Waals surface area contributed by atoms with Crippen molar-refractivity contribution >= 4 is 21.9 Å².